The average molecular weight is 333 g/mol. The molecule has 5 nitrogen and oxygen atoms in total. The van der Waals surface area contributed by atoms with Crippen LogP contribution < -0.4 is 10.6 Å². The Labute approximate surface area is 141 Å². The van der Waals surface area contributed by atoms with Gasteiger partial charge < -0.3 is 15.4 Å². The Hall–Kier alpha value is -1.92. The number of benzene rings is 1. The minimum Gasteiger partial charge on any atom is -0.377 e. The van der Waals surface area contributed by atoms with Gasteiger partial charge in [-0.3, -0.25) is 0 Å². The van der Waals surface area contributed by atoms with Crippen LogP contribution in [0.15, 0.2) is 30.5 Å². The molecule has 0 aliphatic rings. The normalized spacial score (nSPS) is 11.3. The van der Waals surface area contributed by atoms with Crippen LogP contribution in [0, 0.1) is 6.92 Å². The fourth-order valence-corrected chi connectivity index (χ4v) is 2.87. The molecule has 2 rings (SSSR count). The van der Waals surface area contributed by atoms with Crippen LogP contribution in [0.4, 0.5) is 10.5 Å². The summed E-state index contributed by atoms with van der Waals surface area (Å²) >= 11 is 1.58. The van der Waals surface area contributed by atoms with Gasteiger partial charge in [-0.05, 0) is 45.4 Å². The lowest BCUT2D eigenvalue weighted by Gasteiger charge is -2.24. The lowest BCUT2D eigenvalue weighted by Crippen LogP contribution is -2.43. The summed E-state index contributed by atoms with van der Waals surface area (Å²) in [5.74, 6) is 0. The van der Waals surface area contributed by atoms with Crippen LogP contribution in [0.5, 0.6) is 0 Å². The number of ether oxygens (including phenoxy) is 1. The van der Waals surface area contributed by atoms with Gasteiger partial charge in [0.05, 0.1) is 12.1 Å². The molecule has 0 unspecified atom stereocenters. The van der Waals surface area contributed by atoms with Gasteiger partial charge in [0, 0.05) is 23.4 Å². The van der Waals surface area contributed by atoms with Crippen LogP contribution in [0.3, 0.4) is 0 Å². The molecule has 1 heterocycles. The Morgan fingerprint density at radius 3 is 2.57 bits per heavy atom. The number of rotatable bonds is 6. The number of aromatic nitrogens is 1. The van der Waals surface area contributed by atoms with Gasteiger partial charge in [-0.15, -0.1) is 11.3 Å². The van der Waals surface area contributed by atoms with Crippen LogP contribution in [0.25, 0.3) is 0 Å². The maximum Gasteiger partial charge on any atom is 0.319 e. The van der Waals surface area contributed by atoms with E-state index in [0.717, 1.165) is 21.1 Å². The Morgan fingerprint density at radius 1 is 1.30 bits per heavy atom. The predicted molar refractivity (Wildman–Crippen MR) is 93.8 cm³/mol. The number of hydrogen-bond acceptors (Lipinski definition) is 4. The van der Waals surface area contributed by atoms with E-state index in [1.54, 1.807) is 11.3 Å². The highest BCUT2D eigenvalue weighted by atomic mass is 32.1. The number of carbonyl (C=O) groups is 1. The molecule has 0 saturated heterocycles. The molecule has 0 fully saturated rings. The quantitative estimate of drug-likeness (QED) is 0.838. The third kappa shape index (κ3) is 5.04. The van der Waals surface area contributed by atoms with Gasteiger partial charge in [-0.2, -0.15) is 0 Å². The summed E-state index contributed by atoms with van der Waals surface area (Å²) in [5, 5.41) is 6.69. The number of anilines is 1. The Bertz CT molecular complexity index is 650. The fourth-order valence-electron chi connectivity index (χ4n) is 2.05. The third-order valence-electron chi connectivity index (χ3n) is 3.27. The molecule has 1 aromatic heterocycles. The molecule has 0 bridgehead atoms. The lowest BCUT2D eigenvalue weighted by atomic mass is 10.1. The van der Waals surface area contributed by atoms with E-state index < -0.39 is 5.54 Å². The van der Waals surface area contributed by atoms with Gasteiger partial charge in [0.2, 0.25) is 0 Å². The Balaban J connectivity index is 1.93. The van der Waals surface area contributed by atoms with Crippen LogP contribution >= 0.6 is 11.3 Å². The topological polar surface area (TPSA) is 63.2 Å². The highest BCUT2D eigenvalue weighted by Gasteiger charge is 2.26. The van der Waals surface area contributed by atoms with Crippen molar-refractivity contribution in [3.8, 4) is 0 Å². The molecule has 2 N–H and O–H groups in total. The van der Waals surface area contributed by atoms with Gasteiger partial charge >= 0.3 is 6.03 Å². The van der Waals surface area contributed by atoms with Crippen LogP contribution in [0.2, 0.25) is 0 Å². The molecule has 0 aliphatic heterocycles. The number of carbonyl (C=O) groups excluding carboxylic acids is 1. The van der Waals surface area contributed by atoms with Crippen molar-refractivity contribution in [3.05, 3.63) is 45.9 Å². The summed E-state index contributed by atoms with van der Waals surface area (Å²) in [7, 11) is 0. The molecule has 0 spiro atoms. The van der Waals surface area contributed by atoms with Gasteiger partial charge in [0.1, 0.15) is 5.01 Å². The molecule has 23 heavy (non-hydrogen) atoms. The van der Waals surface area contributed by atoms with Crippen molar-refractivity contribution in [3.63, 3.8) is 0 Å². The zero-order chi connectivity index (χ0) is 16.9. The van der Waals surface area contributed by atoms with E-state index in [1.807, 2.05) is 58.2 Å². The minimum absolute atomic E-state index is 0.250. The van der Waals surface area contributed by atoms with Gasteiger partial charge in [-0.1, -0.05) is 12.1 Å². The highest BCUT2D eigenvalue weighted by Crippen LogP contribution is 2.24. The summed E-state index contributed by atoms with van der Waals surface area (Å²) in [6.45, 7) is 9.12. The average Bonchev–Trinajstić information content (AvgIpc) is 2.93. The van der Waals surface area contributed by atoms with Crippen molar-refractivity contribution in [2.75, 3.05) is 11.9 Å². The summed E-state index contributed by atoms with van der Waals surface area (Å²) < 4.78 is 5.35. The standard InChI is InChI=1S/C17H23N3O2S/c1-5-22-11-13-6-8-14(9-7-13)19-16(21)20-17(3,4)15-18-10-12(2)23-15/h6-10H,5,11H2,1-4H3,(H2,19,20,21). The molecule has 6 heteroatoms. The molecule has 2 aromatic rings. The number of thiazole rings is 1. The molecule has 0 atom stereocenters. The monoisotopic (exact) mass is 333 g/mol. The minimum atomic E-state index is -0.516. The first-order valence-corrected chi connectivity index (χ1v) is 8.41. The molecular formula is C17H23N3O2S. The highest BCUT2D eigenvalue weighted by molar-refractivity contribution is 7.11. The summed E-state index contributed by atoms with van der Waals surface area (Å²) in [5.41, 5.74) is 1.31. The van der Waals surface area contributed by atoms with E-state index in [0.29, 0.717) is 13.2 Å². The predicted octanol–water partition coefficient (Wildman–Crippen LogP) is 4.04. The largest absolute Gasteiger partial charge is 0.377 e. The third-order valence-corrected chi connectivity index (χ3v) is 4.50. The number of nitrogens with zero attached hydrogens (tertiary/aromatic N) is 1. The van der Waals surface area contributed by atoms with E-state index in [1.165, 1.54) is 0 Å². The van der Waals surface area contributed by atoms with Crippen LogP contribution in [-0.2, 0) is 16.9 Å². The maximum absolute atomic E-state index is 12.2. The summed E-state index contributed by atoms with van der Waals surface area (Å²) in [6.07, 6.45) is 1.82. The summed E-state index contributed by atoms with van der Waals surface area (Å²) in [6, 6.07) is 7.38. The van der Waals surface area contributed by atoms with E-state index in [-0.39, 0.29) is 6.03 Å². The molecule has 0 saturated carbocycles. The first kappa shape index (κ1) is 17.4. The molecule has 124 valence electrons. The van der Waals surface area contributed by atoms with Gasteiger partial charge in [-0.25, -0.2) is 9.78 Å². The second-order valence-electron chi connectivity index (χ2n) is 5.81. The number of urea groups is 1. The van der Waals surface area contributed by atoms with Crippen molar-refractivity contribution < 1.29 is 9.53 Å². The second-order valence-corrected chi connectivity index (χ2v) is 7.05. The molecule has 2 amide bonds. The van der Waals surface area contributed by atoms with Crippen molar-refractivity contribution in [2.24, 2.45) is 0 Å². The first-order chi connectivity index (χ1) is 10.9. The molecule has 0 radical (unpaired) electrons. The van der Waals surface area contributed by atoms with Gasteiger partial charge in [0.15, 0.2) is 0 Å². The smallest absolute Gasteiger partial charge is 0.319 e. The zero-order valence-electron chi connectivity index (χ0n) is 14.0. The fraction of sp³-hybridized carbons (Fsp3) is 0.412. The number of hydrogen-bond donors (Lipinski definition) is 2. The van der Waals surface area contributed by atoms with Crippen LogP contribution in [-0.4, -0.2) is 17.6 Å². The SMILES string of the molecule is CCOCc1ccc(NC(=O)NC(C)(C)c2ncc(C)s2)cc1. The van der Waals surface area contributed by atoms with E-state index in [9.17, 15) is 4.79 Å². The van der Waals surface area contributed by atoms with E-state index >= 15 is 0 Å². The number of aryl methyl sites for hydroxylation is 1. The van der Waals surface area contributed by atoms with Crippen LogP contribution in [0.1, 0.15) is 36.2 Å². The first-order valence-electron chi connectivity index (χ1n) is 7.59. The maximum atomic E-state index is 12.2. The molecule has 0 aliphatic carbocycles. The summed E-state index contributed by atoms with van der Waals surface area (Å²) in [4.78, 5) is 17.7. The van der Waals surface area contributed by atoms with Crippen molar-refractivity contribution >= 4 is 23.1 Å². The second kappa shape index (κ2) is 7.57. The number of amides is 2. The number of nitrogens with one attached hydrogen (secondary N) is 2. The Kier molecular flexibility index (Phi) is 5.74. The van der Waals surface area contributed by atoms with E-state index in [2.05, 4.69) is 15.6 Å². The lowest BCUT2D eigenvalue weighted by molar-refractivity contribution is 0.134. The van der Waals surface area contributed by atoms with E-state index in [4.69, 9.17) is 4.74 Å². The van der Waals surface area contributed by atoms with Gasteiger partial charge in [0.25, 0.3) is 0 Å². The van der Waals surface area contributed by atoms with Crippen molar-refractivity contribution in [1.82, 2.24) is 10.3 Å². The van der Waals surface area contributed by atoms with Crippen molar-refractivity contribution in [1.29, 1.82) is 0 Å². The zero-order valence-corrected chi connectivity index (χ0v) is 14.8. The van der Waals surface area contributed by atoms with Crippen molar-refractivity contribution in [2.45, 2.75) is 39.8 Å². The molecular weight excluding hydrogens is 310 g/mol. The molecule has 1 aromatic carbocycles. The Morgan fingerprint density at radius 2 is 2.00 bits per heavy atom.